The van der Waals surface area contributed by atoms with Crippen LogP contribution in [-0.2, 0) is 27.4 Å². The molecule has 1 saturated heterocycles. The summed E-state index contributed by atoms with van der Waals surface area (Å²) in [5, 5.41) is 4.39. The molecule has 0 saturated carbocycles. The molecule has 2 heterocycles. The van der Waals surface area contributed by atoms with Crippen molar-refractivity contribution < 1.29 is 19.1 Å². The van der Waals surface area contributed by atoms with Crippen molar-refractivity contribution >= 4 is 12.1 Å². The third-order valence-electron chi connectivity index (χ3n) is 5.32. The van der Waals surface area contributed by atoms with E-state index in [0.717, 1.165) is 11.1 Å². The molecular weight excluding hydrogens is 408 g/mol. The van der Waals surface area contributed by atoms with E-state index in [2.05, 4.69) is 10.00 Å². The topological polar surface area (TPSA) is 76.9 Å². The zero-order chi connectivity index (χ0) is 23.3. The van der Waals surface area contributed by atoms with Gasteiger partial charge in [0.25, 0.3) is 0 Å². The van der Waals surface area contributed by atoms with Crippen molar-refractivity contribution in [2.45, 2.75) is 65.5 Å². The van der Waals surface area contributed by atoms with Crippen molar-refractivity contribution in [3.05, 3.63) is 53.9 Å². The van der Waals surface area contributed by atoms with Gasteiger partial charge in [-0.2, -0.15) is 5.10 Å². The predicted molar refractivity (Wildman–Crippen MR) is 121 cm³/mol. The molecule has 0 bridgehead atoms. The van der Waals surface area contributed by atoms with Gasteiger partial charge in [-0.15, -0.1) is 0 Å². The van der Waals surface area contributed by atoms with Gasteiger partial charge in [-0.3, -0.25) is 14.4 Å². The summed E-state index contributed by atoms with van der Waals surface area (Å²) in [4.78, 5) is 29.2. The summed E-state index contributed by atoms with van der Waals surface area (Å²) in [5.41, 5.74) is 1.45. The van der Waals surface area contributed by atoms with Crippen LogP contribution in [0.1, 0.15) is 38.8 Å². The van der Waals surface area contributed by atoms with E-state index < -0.39 is 5.60 Å². The first-order valence-corrected chi connectivity index (χ1v) is 11.0. The van der Waals surface area contributed by atoms with E-state index in [0.29, 0.717) is 19.6 Å². The van der Waals surface area contributed by atoms with Crippen LogP contribution in [0, 0.1) is 6.92 Å². The van der Waals surface area contributed by atoms with Gasteiger partial charge in [0.1, 0.15) is 12.2 Å². The third kappa shape index (κ3) is 6.82. The number of aryl methyl sites for hydroxylation is 1. The maximum atomic E-state index is 12.8. The Hall–Kier alpha value is -2.87. The SMILES string of the molecule is Cc1cnn(C[C@H]2CN(C(=O)OC(C)(C)C)[C@H](C)CN2CC(=O)OCc2ccccc2)c1. The van der Waals surface area contributed by atoms with E-state index in [1.54, 1.807) is 11.1 Å². The van der Waals surface area contributed by atoms with Crippen LogP contribution in [0.15, 0.2) is 42.7 Å². The van der Waals surface area contributed by atoms with Crippen LogP contribution in [0.25, 0.3) is 0 Å². The highest BCUT2D eigenvalue weighted by Gasteiger charge is 2.37. The largest absolute Gasteiger partial charge is 0.460 e. The van der Waals surface area contributed by atoms with Gasteiger partial charge in [0, 0.05) is 31.4 Å². The number of esters is 1. The van der Waals surface area contributed by atoms with Crippen LogP contribution >= 0.6 is 0 Å². The van der Waals surface area contributed by atoms with E-state index in [1.807, 2.05) is 75.8 Å². The van der Waals surface area contributed by atoms with Crippen LogP contribution in [0.2, 0.25) is 0 Å². The maximum absolute atomic E-state index is 12.8. The molecule has 2 aromatic rings. The number of amides is 1. The summed E-state index contributed by atoms with van der Waals surface area (Å²) in [5.74, 6) is -0.284. The smallest absolute Gasteiger partial charge is 0.410 e. The summed E-state index contributed by atoms with van der Waals surface area (Å²) >= 11 is 0. The van der Waals surface area contributed by atoms with Crippen LogP contribution in [0.4, 0.5) is 4.79 Å². The van der Waals surface area contributed by atoms with Crippen LogP contribution < -0.4 is 0 Å². The van der Waals surface area contributed by atoms with Gasteiger partial charge in [-0.25, -0.2) is 4.79 Å². The lowest BCUT2D eigenvalue weighted by molar-refractivity contribution is -0.148. The molecule has 2 atom stereocenters. The van der Waals surface area contributed by atoms with Crippen LogP contribution in [0.5, 0.6) is 0 Å². The van der Waals surface area contributed by atoms with Crippen molar-refractivity contribution in [3.8, 4) is 0 Å². The molecule has 0 aliphatic carbocycles. The van der Waals surface area contributed by atoms with E-state index in [-0.39, 0.29) is 37.3 Å². The first-order chi connectivity index (χ1) is 15.1. The number of ether oxygens (including phenoxy) is 2. The zero-order valence-electron chi connectivity index (χ0n) is 19.7. The Morgan fingerprint density at radius 1 is 1.16 bits per heavy atom. The molecule has 174 valence electrons. The Labute approximate surface area is 190 Å². The molecule has 0 unspecified atom stereocenters. The Balaban J connectivity index is 1.68. The number of benzene rings is 1. The molecule has 8 heteroatoms. The monoisotopic (exact) mass is 442 g/mol. The summed E-state index contributed by atoms with van der Waals surface area (Å²) in [6.45, 7) is 11.5. The lowest BCUT2D eigenvalue weighted by Crippen LogP contribution is -2.61. The summed E-state index contributed by atoms with van der Waals surface area (Å²) in [7, 11) is 0. The van der Waals surface area contributed by atoms with Crippen LogP contribution in [0.3, 0.4) is 0 Å². The molecule has 1 amide bonds. The predicted octanol–water partition coefficient (Wildman–Crippen LogP) is 3.24. The van der Waals surface area contributed by atoms with Gasteiger partial charge >= 0.3 is 12.1 Å². The number of rotatable bonds is 6. The fourth-order valence-corrected chi connectivity index (χ4v) is 3.78. The number of carbonyl (C=O) groups excluding carboxylic acids is 2. The standard InChI is InChI=1S/C24H34N4O4/c1-18-11-25-27(12-18)14-21-15-28(23(30)32-24(3,4)5)19(2)13-26(21)16-22(29)31-17-20-9-7-6-8-10-20/h6-12,19,21H,13-17H2,1-5H3/t19-,21+/m1/s1. The number of aromatic nitrogens is 2. The van der Waals surface area contributed by atoms with E-state index in [4.69, 9.17) is 9.47 Å². The van der Waals surface area contributed by atoms with E-state index in [9.17, 15) is 9.59 Å². The first kappa shape index (κ1) is 23.8. The average Bonchev–Trinajstić information content (AvgIpc) is 3.12. The van der Waals surface area contributed by atoms with E-state index in [1.165, 1.54) is 0 Å². The average molecular weight is 443 g/mol. The van der Waals surface area contributed by atoms with Gasteiger partial charge < -0.3 is 14.4 Å². The zero-order valence-corrected chi connectivity index (χ0v) is 19.7. The summed E-state index contributed by atoms with van der Waals surface area (Å²) < 4.78 is 13.0. The maximum Gasteiger partial charge on any atom is 0.410 e. The minimum Gasteiger partial charge on any atom is -0.460 e. The molecule has 1 aromatic carbocycles. The molecule has 32 heavy (non-hydrogen) atoms. The Bertz CT molecular complexity index is 906. The normalized spacial score (nSPS) is 19.6. The van der Waals surface area contributed by atoms with Crippen molar-refractivity contribution in [1.29, 1.82) is 0 Å². The Morgan fingerprint density at radius 2 is 1.88 bits per heavy atom. The number of carbonyl (C=O) groups is 2. The molecule has 3 rings (SSSR count). The van der Waals surface area contributed by atoms with Crippen LogP contribution in [-0.4, -0.2) is 69.0 Å². The fourth-order valence-electron chi connectivity index (χ4n) is 3.78. The Morgan fingerprint density at radius 3 is 2.50 bits per heavy atom. The third-order valence-corrected chi connectivity index (χ3v) is 5.32. The Kier molecular flexibility index (Phi) is 7.56. The lowest BCUT2D eigenvalue weighted by Gasteiger charge is -2.44. The second kappa shape index (κ2) is 10.2. The summed E-state index contributed by atoms with van der Waals surface area (Å²) in [6, 6.07) is 9.43. The first-order valence-electron chi connectivity index (χ1n) is 11.0. The highest BCUT2D eigenvalue weighted by molar-refractivity contribution is 5.72. The molecule has 0 spiro atoms. The minimum absolute atomic E-state index is 0.0950. The molecule has 0 N–H and O–H groups in total. The minimum atomic E-state index is -0.566. The van der Waals surface area contributed by atoms with Crippen molar-refractivity contribution in [2.75, 3.05) is 19.6 Å². The molecule has 8 nitrogen and oxygen atoms in total. The highest BCUT2D eigenvalue weighted by atomic mass is 16.6. The van der Waals surface area contributed by atoms with Gasteiger partial charge in [0.05, 0.1) is 19.3 Å². The number of piperazine rings is 1. The number of hydrogen-bond donors (Lipinski definition) is 0. The molecule has 1 fully saturated rings. The highest BCUT2D eigenvalue weighted by Crippen LogP contribution is 2.20. The number of nitrogens with zero attached hydrogens (tertiary/aromatic N) is 4. The van der Waals surface area contributed by atoms with Crippen molar-refractivity contribution in [1.82, 2.24) is 19.6 Å². The van der Waals surface area contributed by atoms with Gasteiger partial charge in [-0.05, 0) is 45.7 Å². The molecule has 1 aliphatic heterocycles. The van der Waals surface area contributed by atoms with Gasteiger partial charge in [0.15, 0.2) is 0 Å². The van der Waals surface area contributed by atoms with Crippen molar-refractivity contribution in [3.63, 3.8) is 0 Å². The molecular formula is C24H34N4O4. The molecule has 1 aliphatic rings. The quantitative estimate of drug-likeness (QED) is 0.639. The van der Waals surface area contributed by atoms with Gasteiger partial charge in [0.2, 0.25) is 0 Å². The second-order valence-electron chi connectivity index (χ2n) is 9.45. The molecule has 1 aromatic heterocycles. The fraction of sp³-hybridized carbons (Fsp3) is 0.542. The van der Waals surface area contributed by atoms with Crippen molar-refractivity contribution in [2.24, 2.45) is 0 Å². The second-order valence-corrected chi connectivity index (χ2v) is 9.45. The lowest BCUT2D eigenvalue weighted by atomic mass is 10.1. The van der Waals surface area contributed by atoms with E-state index >= 15 is 0 Å². The summed E-state index contributed by atoms with van der Waals surface area (Å²) in [6.07, 6.45) is 3.43. The van der Waals surface area contributed by atoms with Gasteiger partial charge in [-0.1, -0.05) is 30.3 Å². The number of hydrogen-bond acceptors (Lipinski definition) is 6. The molecule has 0 radical (unpaired) electrons.